The Morgan fingerprint density at radius 2 is 1.87 bits per heavy atom. The lowest BCUT2D eigenvalue weighted by molar-refractivity contribution is -0.0586. The molecule has 1 saturated heterocycles. The van der Waals surface area contributed by atoms with Gasteiger partial charge in [-0.1, -0.05) is 18.2 Å². The smallest absolute Gasteiger partial charge is 0.298 e. The van der Waals surface area contributed by atoms with Crippen molar-refractivity contribution in [1.82, 2.24) is 14.3 Å². The predicted molar refractivity (Wildman–Crippen MR) is 118 cm³/mol. The summed E-state index contributed by atoms with van der Waals surface area (Å²) < 4.78 is 21.3. The molecule has 0 radical (unpaired) electrons. The Morgan fingerprint density at radius 1 is 1.13 bits per heavy atom. The molecule has 0 saturated carbocycles. The number of ether oxygens (including phenoxy) is 3. The Balaban J connectivity index is 1.43. The van der Waals surface area contributed by atoms with Crippen LogP contribution in [0.25, 0.3) is 0 Å². The van der Waals surface area contributed by atoms with E-state index in [9.17, 15) is 4.79 Å². The molecule has 8 heteroatoms. The fourth-order valence-electron chi connectivity index (χ4n) is 3.64. The highest BCUT2D eigenvalue weighted by molar-refractivity contribution is 7.07. The number of carbonyl (C=O) groups is 1. The van der Waals surface area contributed by atoms with Crippen LogP contribution >= 0.6 is 11.5 Å². The SMILES string of the molecule is COc1cccc(Cc2nsc(Oc3cccc(C(=O)N4CC(C)OC(C)C4)c3)n2)c1. The van der Waals surface area contributed by atoms with Gasteiger partial charge in [0.05, 0.1) is 19.3 Å². The van der Waals surface area contributed by atoms with Crippen molar-refractivity contribution in [3.8, 4) is 16.7 Å². The Labute approximate surface area is 185 Å². The maximum absolute atomic E-state index is 12.9. The molecule has 1 amide bonds. The molecular weight excluding hydrogens is 414 g/mol. The van der Waals surface area contributed by atoms with Crippen LogP contribution < -0.4 is 9.47 Å². The second-order valence-corrected chi connectivity index (χ2v) is 8.32. The summed E-state index contributed by atoms with van der Waals surface area (Å²) >= 11 is 1.19. The number of hydrogen-bond donors (Lipinski definition) is 0. The van der Waals surface area contributed by atoms with E-state index in [2.05, 4.69) is 9.36 Å². The number of benzene rings is 2. The normalized spacial score (nSPS) is 18.6. The molecule has 1 aromatic heterocycles. The van der Waals surface area contributed by atoms with E-state index in [0.29, 0.717) is 41.8 Å². The average molecular weight is 440 g/mol. The summed E-state index contributed by atoms with van der Waals surface area (Å²) in [4.78, 5) is 19.2. The zero-order valence-electron chi connectivity index (χ0n) is 17.8. The quantitative estimate of drug-likeness (QED) is 0.574. The third kappa shape index (κ3) is 5.39. The Bertz CT molecular complexity index is 1040. The molecule has 162 valence electrons. The van der Waals surface area contributed by atoms with Crippen LogP contribution in [0.5, 0.6) is 16.7 Å². The summed E-state index contributed by atoms with van der Waals surface area (Å²) in [5.74, 6) is 2.01. The van der Waals surface area contributed by atoms with Crippen molar-refractivity contribution in [3.05, 3.63) is 65.5 Å². The van der Waals surface area contributed by atoms with Gasteiger partial charge in [-0.3, -0.25) is 4.79 Å². The van der Waals surface area contributed by atoms with E-state index in [-0.39, 0.29) is 18.1 Å². The van der Waals surface area contributed by atoms with Crippen molar-refractivity contribution in [3.63, 3.8) is 0 Å². The maximum atomic E-state index is 12.9. The molecule has 7 nitrogen and oxygen atoms in total. The molecule has 31 heavy (non-hydrogen) atoms. The number of nitrogens with zero attached hydrogens (tertiary/aromatic N) is 3. The number of rotatable bonds is 6. The Morgan fingerprint density at radius 3 is 2.65 bits per heavy atom. The topological polar surface area (TPSA) is 73.8 Å². The number of hydrogen-bond acceptors (Lipinski definition) is 7. The molecule has 1 fully saturated rings. The molecule has 1 aliphatic rings. The van der Waals surface area contributed by atoms with Crippen molar-refractivity contribution < 1.29 is 19.0 Å². The Kier molecular flexibility index (Phi) is 6.48. The highest BCUT2D eigenvalue weighted by atomic mass is 32.1. The largest absolute Gasteiger partial charge is 0.497 e. The summed E-state index contributed by atoms with van der Waals surface area (Å²) in [6, 6.07) is 15.0. The van der Waals surface area contributed by atoms with Crippen molar-refractivity contribution >= 4 is 17.4 Å². The summed E-state index contributed by atoms with van der Waals surface area (Å²) in [6.45, 7) is 5.12. The molecule has 4 rings (SSSR count). The van der Waals surface area contributed by atoms with Crippen LogP contribution in [0.4, 0.5) is 0 Å². The van der Waals surface area contributed by atoms with E-state index in [0.717, 1.165) is 11.3 Å². The van der Waals surface area contributed by atoms with Crippen molar-refractivity contribution in [2.24, 2.45) is 0 Å². The van der Waals surface area contributed by atoms with Gasteiger partial charge < -0.3 is 19.1 Å². The fourth-order valence-corrected chi connectivity index (χ4v) is 4.20. The van der Waals surface area contributed by atoms with Crippen LogP contribution in [0.3, 0.4) is 0 Å². The van der Waals surface area contributed by atoms with E-state index >= 15 is 0 Å². The predicted octanol–water partition coefficient (Wildman–Crippen LogP) is 4.18. The van der Waals surface area contributed by atoms with Gasteiger partial charge in [-0.2, -0.15) is 9.36 Å². The molecule has 0 bridgehead atoms. The van der Waals surface area contributed by atoms with Crippen LogP contribution in [0, 0.1) is 0 Å². The highest BCUT2D eigenvalue weighted by Crippen LogP contribution is 2.26. The van der Waals surface area contributed by atoms with Crippen LogP contribution in [0.15, 0.2) is 48.5 Å². The lowest BCUT2D eigenvalue weighted by Crippen LogP contribution is -2.48. The van der Waals surface area contributed by atoms with Gasteiger partial charge in [0.15, 0.2) is 5.82 Å². The molecule has 2 heterocycles. The van der Waals surface area contributed by atoms with E-state index < -0.39 is 0 Å². The highest BCUT2D eigenvalue weighted by Gasteiger charge is 2.26. The number of morpholine rings is 1. The molecule has 0 spiro atoms. The zero-order chi connectivity index (χ0) is 21.8. The van der Waals surface area contributed by atoms with Crippen molar-refractivity contribution in [1.29, 1.82) is 0 Å². The third-order valence-corrected chi connectivity index (χ3v) is 5.57. The van der Waals surface area contributed by atoms with E-state index in [4.69, 9.17) is 14.2 Å². The van der Waals surface area contributed by atoms with Gasteiger partial charge in [-0.15, -0.1) is 0 Å². The Hall–Kier alpha value is -2.97. The average Bonchev–Trinajstić information content (AvgIpc) is 3.19. The number of carbonyl (C=O) groups excluding carboxylic acids is 1. The monoisotopic (exact) mass is 439 g/mol. The van der Waals surface area contributed by atoms with Gasteiger partial charge in [0.25, 0.3) is 11.1 Å². The summed E-state index contributed by atoms with van der Waals surface area (Å²) in [6.07, 6.45) is 0.635. The molecule has 0 N–H and O–H groups in total. The summed E-state index contributed by atoms with van der Waals surface area (Å²) in [5, 5.41) is 0.441. The minimum absolute atomic E-state index is 0.0246. The number of methoxy groups -OCH3 is 1. The number of amides is 1. The second-order valence-electron chi connectivity index (χ2n) is 7.60. The molecule has 2 atom stereocenters. The molecular formula is C23H25N3O4S. The minimum Gasteiger partial charge on any atom is -0.497 e. The lowest BCUT2D eigenvalue weighted by atomic mass is 10.1. The van der Waals surface area contributed by atoms with Crippen molar-refractivity contribution in [2.45, 2.75) is 32.5 Å². The van der Waals surface area contributed by atoms with Gasteiger partial charge in [0.2, 0.25) is 0 Å². The van der Waals surface area contributed by atoms with Crippen LogP contribution in [0.2, 0.25) is 0 Å². The van der Waals surface area contributed by atoms with Crippen LogP contribution in [-0.2, 0) is 11.2 Å². The zero-order valence-corrected chi connectivity index (χ0v) is 18.6. The van der Waals surface area contributed by atoms with Gasteiger partial charge in [-0.05, 0) is 49.7 Å². The first kappa shape index (κ1) is 21.3. The van der Waals surface area contributed by atoms with Crippen LogP contribution in [0.1, 0.15) is 35.6 Å². The van der Waals surface area contributed by atoms with E-state index in [1.165, 1.54) is 11.5 Å². The molecule has 3 aromatic rings. The van der Waals surface area contributed by atoms with Gasteiger partial charge in [0.1, 0.15) is 11.5 Å². The lowest BCUT2D eigenvalue weighted by Gasteiger charge is -2.35. The van der Waals surface area contributed by atoms with Crippen LogP contribution in [-0.4, -0.2) is 52.6 Å². The standard InChI is InChI=1S/C23H25N3O4S/c1-15-13-26(14-16(2)29-15)22(27)18-7-5-9-20(12-18)30-23-24-21(25-31-23)11-17-6-4-8-19(10-17)28-3/h4-10,12,15-16H,11,13-14H2,1-3H3. The van der Waals surface area contributed by atoms with Gasteiger partial charge in [0, 0.05) is 36.6 Å². The number of aromatic nitrogens is 2. The first-order valence-corrected chi connectivity index (χ1v) is 11.0. The maximum Gasteiger partial charge on any atom is 0.298 e. The molecule has 0 aliphatic carbocycles. The van der Waals surface area contributed by atoms with Crippen molar-refractivity contribution in [2.75, 3.05) is 20.2 Å². The molecule has 1 aliphatic heterocycles. The fraction of sp³-hybridized carbons (Fsp3) is 0.348. The van der Waals surface area contributed by atoms with E-state index in [1.807, 2.05) is 55.1 Å². The summed E-state index contributed by atoms with van der Waals surface area (Å²) in [5.41, 5.74) is 1.64. The second kappa shape index (κ2) is 9.45. The summed E-state index contributed by atoms with van der Waals surface area (Å²) in [7, 11) is 1.64. The third-order valence-electron chi connectivity index (χ3n) is 4.94. The van der Waals surface area contributed by atoms with Gasteiger partial charge >= 0.3 is 0 Å². The van der Waals surface area contributed by atoms with Gasteiger partial charge in [-0.25, -0.2) is 0 Å². The first-order valence-electron chi connectivity index (χ1n) is 10.2. The molecule has 2 unspecified atom stereocenters. The minimum atomic E-state index is -0.0246. The van der Waals surface area contributed by atoms with E-state index in [1.54, 1.807) is 19.2 Å². The first-order chi connectivity index (χ1) is 15.0. The molecule has 2 aromatic carbocycles.